The number of nitrogens with zero attached hydrogens (tertiary/aromatic N) is 7. The summed E-state index contributed by atoms with van der Waals surface area (Å²) < 4.78 is 1.87. The van der Waals surface area contributed by atoms with Gasteiger partial charge in [-0.25, -0.2) is 5.01 Å². The number of pyridine rings is 1. The van der Waals surface area contributed by atoms with Crippen LogP contribution in [-0.4, -0.2) is 30.4 Å². The van der Waals surface area contributed by atoms with Crippen molar-refractivity contribution in [2.24, 2.45) is 5.10 Å². The summed E-state index contributed by atoms with van der Waals surface area (Å²) in [5.74, 6) is 1.20. The van der Waals surface area contributed by atoms with Crippen molar-refractivity contribution in [2.45, 2.75) is 13.5 Å². The molecule has 5 rings (SSSR count). The van der Waals surface area contributed by atoms with Gasteiger partial charge in [0, 0.05) is 35.7 Å². The molecular weight excluding hydrogens is 394 g/mol. The van der Waals surface area contributed by atoms with E-state index in [1.165, 1.54) is 6.07 Å². The number of anilines is 1. The van der Waals surface area contributed by atoms with Gasteiger partial charge in [-0.3, -0.25) is 19.7 Å². The van der Waals surface area contributed by atoms with Crippen LogP contribution in [0.4, 0.5) is 11.6 Å². The molecule has 0 radical (unpaired) electrons. The first kappa shape index (κ1) is 18.6. The number of hydrogen-bond acceptors (Lipinski definition) is 7. The molecule has 31 heavy (non-hydrogen) atoms. The summed E-state index contributed by atoms with van der Waals surface area (Å²) in [6.07, 6.45) is 3.45. The van der Waals surface area contributed by atoms with E-state index in [4.69, 9.17) is 5.10 Å². The van der Waals surface area contributed by atoms with E-state index in [2.05, 4.69) is 15.2 Å². The number of fused-ring (bicyclic) bond motifs is 3. The van der Waals surface area contributed by atoms with E-state index in [-0.39, 0.29) is 5.69 Å². The summed E-state index contributed by atoms with van der Waals surface area (Å²) in [6, 6.07) is 18.2. The molecule has 3 heterocycles. The van der Waals surface area contributed by atoms with Crippen molar-refractivity contribution in [3.8, 4) is 5.69 Å². The maximum atomic E-state index is 11.5. The lowest BCUT2D eigenvalue weighted by molar-refractivity contribution is -0.384. The highest BCUT2D eigenvalue weighted by Crippen LogP contribution is 2.32. The number of benzene rings is 2. The minimum atomic E-state index is -0.400. The van der Waals surface area contributed by atoms with E-state index in [0.717, 1.165) is 16.8 Å². The summed E-state index contributed by atoms with van der Waals surface area (Å²) >= 11 is 0. The van der Waals surface area contributed by atoms with Crippen LogP contribution in [0.15, 0.2) is 78.2 Å². The molecule has 0 N–H and O–H groups in total. The minimum Gasteiger partial charge on any atom is -0.265 e. The molecular formula is C22H17N7O2. The Bertz CT molecular complexity index is 1300. The predicted octanol–water partition coefficient (Wildman–Crippen LogP) is 3.65. The summed E-state index contributed by atoms with van der Waals surface area (Å²) in [6.45, 7) is 2.28. The Morgan fingerprint density at radius 3 is 2.52 bits per heavy atom. The first-order valence-corrected chi connectivity index (χ1v) is 9.63. The molecule has 0 aliphatic carbocycles. The summed E-state index contributed by atoms with van der Waals surface area (Å²) in [5, 5.41) is 26.8. The van der Waals surface area contributed by atoms with Crippen LogP contribution in [0.25, 0.3) is 5.69 Å². The first-order chi connectivity index (χ1) is 15.1. The largest absolute Gasteiger partial charge is 0.270 e. The lowest BCUT2D eigenvalue weighted by atomic mass is 10.00. The van der Waals surface area contributed by atoms with Crippen LogP contribution >= 0.6 is 0 Å². The standard InChI is InChI=1S/C22H17N7O2/c1-15-24-25-22-27(14-16-9-11-23-12-10-16)26-21(17-5-3-2-4-6-17)19-13-18(29(30)31)7-8-20(19)28(15)22/h2-13H,14H2,1H3. The van der Waals surface area contributed by atoms with Gasteiger partial charge in [-0.2, -0.15) is 5.10 Å². The molecule has 9 heteroatoms. The molecule has 2 aromatic carbocycles. The van der Waals surface area contributed by atoms with Crippen molar-refractivity contribution in [3.05, 3.63) is 106 Å². The van der Waals surface area contributed by atoms with Gasteiger partial charge in [0.1, 0.15) is 11.5 Å². The van der Waals surface area contributed by atoms with Crippen LogP contribution in [0, 0.1) is 17.0 Å². The number of hydrazone groups is 1. The Balaban J connectivity index is 1.77. The van der Waals surface area contributed by atoms with Gasteiger partial charge in [-0.1, -0.05) is 30.3 Å². The van der Waals surface area contributed by atoms with Crippen LogP contribution in [0.1, 0.15) is 22.5 Å². The molecule has 1 aliphatic rings. The zero-order valence-corrected chi connectivity index (χ0v) is 16.6. The number of rotatable bonds is 4. The van der Waals surface area contributed by atoms with Crippen molar-refractivity contribution < 1.29 is 4.92 Å². The maximum Gasteiger partial charge on any atom is 0.270 e. The van der Waals surface area contributed by atoms with Crippen molar-refractivity contribution in [1.29, 1.82) is 0 Å². The molecule has 4 aromatic rings. The molecule has 0 spiro atoms. The normalized spacial score (nSPS) is 12.5. The van der Waals surface area contributed by atoms with Gasteiger partial charge < -0.3 is 0 Å². The van der Waals surface area contributed by atoms with Gasteiger partial charge in [0.2, 0.25) is 0 Å². The number of nitro benzene ring substituents is 1. The number of hydrogen-bond donors (Lipinski definition) is 0. The molecule has 1 aliphatic heterocycles. The van der Waals surface area contributed by atoms with Gasteiger partial charge in [0.15, 0.2) is 0 Å². The molecule has 152 valence electrons. The zero-order chi connectivity index (χ0) is 21.4. The molecule has 0 saturated carbocycles. The fourth-order valence-electron chi connectivity index (χ4n) is 3.62. The first-order valence-electron chi connectivity index (χ1n) is 9.63. The molecule has 9 nitrogen and oxygen atoms in total. The molecule has 0 atom stereocenters. The van der Waals surface area contributed by atoms with Crippen molar-refractivity contribution in [2.75, 3.05) is 5.01 Å². The van der Waals surface area contributed by atoms with Crippen LogP contribution in [0.5, 0.6) is 0 Å². The zero-order valence-electron chi connectivity index (χ0n) is 16.6. The smallest absolute Gasteiger partial charge is 0.265 e. The molecule has 2 aromatic heterocycles. The minimum absolute atomic E-state index is 0.00255. The van der Waals surface area contributed by atoms with E-state index in [1.54, 1.807) is 29.5 Å². The van der Waals surface area contributed by atoms with Gasteiger partial charge >= 0.3 is 0 Å². The van der Waals surface area contributed by atoms with Gasteiger partial charge in [0.05, 0.1) is 17.2 Å². The van der Waals surface area contributed by atoms with Crippen LogP contribution in [0.3, 0.4) is 0 Å². The average Bonchev–Trinajstić information content (AvgIpc) is 3.12. The van der Waals surface area contributed by atoms with E-state index in [0.29, 0.717) is 29.6 Å². The second kappa shape index (κ2) is 7.45. The second-order valence-electron chi connectivity index (χ2n) is 7.07. The summed E-state index contributed by atoms with van der Waals surface area (Å²) in [4.78, 5) is 15.2. The topological polar surface area (TPSA) is 102 Å². The highest BCUT2D eigenvalue weighted by atomic mass is 16.6. The van der Waals surface area contributed by atoms with Gasteiger partial charge in [-0.05, 0) is 30.7 Å². The van der Waals surface area contributed by atoms with Gasteiger partial charge in [-0.15, -0.1) is 10.2 Å². The quantitative estimate of drug-likeness (QED) is 0.375. The highest BCUT2D eigenvalue weighted by Gasteiger charge is 2.28. The fourth-order valence-corrected chi connectivity index (χ4v) is 3.62. The maximum absolute atomic E-state index is 11.5. The molecule has 0 amide bonds. The average molecular weight is 411 g/mol. The van der Waals surface area contributed by atoms with Crippen molar-refractivity contribution >= 4 is 17.3 Å². The third-order valence-corrected chi connectivity index (χ3v) is 5.08. The summed E-state index contributed by atoms with van der Waals surface area (Å²) in [7, 11) is 0. The van der Waals surface area contributed by atoms with Crippen LogP contribution < -0.4 is 5.01 Å². The monoisotopic (exact) mass is 411 g/mol. The van der Waals surface area contributed by atoms with Crippen molar-refractivity contribution in [3.63, 3.8) is 0 Å². The van der Waals surface area contributed by atoms with Crippen LogP contribution in [-0.2, 0) is 6.54 Å². The molecule has 0 bridgehead atoms. The van der Waals surface area contributed by atoms with E-state index in [9.17, 15) is 10.1 Å². The number of aryl methyl sites for hydroxylation is 1. The highest BCUT2D eigenvalue weighted by molar-refractivity contribution is 6.16. The molecule has 0 unspecified atom stereocenters. The van der Waals surface area contributed by atoms with Crippen molar-refractivity contribution in [1.82, 2.24) is 19.7 Å². The van der Waals surface area contributed by atoms with E-state index in [1.807, 2.05) is 54.0 Å². The third-order valence-electron chi connectivity index (χ3n) is 5.08. The number of aromatic nitrogens is 4. The van der Waals surface area contributed by atoms with E-state index < -0.39 is 4.92 Å². The lowest BCUT2D eigenvalue weighted by Gasteiger charge is -2.17. The Morgan fingerprint density at radius 2 is 1.77 bits per heavy atom. The Kier molecular flexibility index (Phi) is 4.47. The SMILES string of the molecule is Cc1nnc2n1-c1ccc([N+](=O)[O-])cc1C(c1ccccc1)=NN2Cc1ccncc1. The predicted molar refractivity (Wildman–Crippen MR) is 115 cm³/mol. The lowest BCUT2D eigenvalue weighted by Crippen LogP contribution is -2.20. The molecule has 0 fully saturated rings. The van der Waals surface area contributed by atoms with Crippen LogP contribution in [0.2, 0.25) is 0 Å². The third kappa shape index (κ3) is 3.31. The second-order valence-corrected chi connectivity index (χ2v) is 7.07. The Labute approximate surface area is 177 Å². The Morgan fingerprint density at radius 1 is 1.00 bits per heavy atom. The summed E-state index contributed by atoms with van der Waals surface area (Å²) in [5.41, 5.74) is 3.84. The number of nitro groups is 1. The fraction of sp³-hybridized carbons (Fsp3) is 0.0909. The Hall–Kier alpha value is -4.40. The molecule has 0 saturated heterocycles. The van der Waals surface area contributed by atoms with Gasteiger partial charge in [0.25, 0.3) is 11.6 Å². The number of non-ortho nitro benzene ring substituents is 1. The van der Waals surface area contributed by atoms with E-state index >= 15 is 0 Å².